The Morgan fingerprint density at radius 3 is 2.81 bits per heavy atom. The van der Waals surface area contributed by atoms with Gasteiger partial charge in [-0.15, -0.1) is 6.58 Å². The number of hydrazone groups is 1. The molecule has 0 saturated heterocycles. The zero-order valence-corrected chi connectivity index (χ0v) is 12.0. The second kappa shape index (κ2) is 7.91. The summed E-state index contributed by atoms with van der Waals surface area (Å²) in [5.41, 5.74) is 2.52. The first kappa shape index (κ1) is 16.5. The normalized spacial score (nSPS) is 10.2. The zero-order chi connectivity index (χ0) is 15.8. The lowest BCUT2D eigenvalue weighted by molar-refractivity contribution is -0.139. The number of hydrogen-bond donors (Lipinski definition) is 3. The fourth-order valence-corrected chi connectivity index (χ4v) is 1.50. The molecule has 112 valence electrons. The lowest BCUT2D eigenvalue weighted by Gasteiger charge is -2.06. The quantitative estimate of drug-likeness (QED) is 0.324. The van der Waals surface area contributed by atoms with Gasteiger partial charge in [-0.05, 0) is 17.7 Å². The second-order valence-electron chi connectivity index (χ2n) is 3.75. The van der Waals surface area contributed by atoms with Gasteiger partial charge in [-0.2, -0.15) is 5.10 Å². The Morgan fingerprint density at radius 1 is 1.48 bits per heavy atom. The Hall–Kier alpha value is -2.54. The zero-order valence-electron chi connectivity index (χ0n) is 11.2. The average molecular weight is 312 g/mol. The summed E-state index contributed by atoms with van der Waals surface area (Å²) >= 11 is 5.79. The van der Waals surface area contributed by atoms with Crippen LogP contribution >= 0.6 is 11.6 Å². The summed E-state index contributed by atoms with van der Waals surface area (Å²) in [6.45, 7) is 3.59. The second-order valence-corrected chi connectivity index (χ2v) is 4.16. The van der Waals surface area contributed by atoms with Crippen molar-refractivity contribution in [1.82, 2.24) is 10.7 Å². The molecule has 1 rings (SSSR count). The Labute approximate surface area is 126 Å². The van der Waals surface area contributed by atoms with E-state index in [0.29, 0.717) is 5.56 Å². The molecule has 0 unspecified atom stereocenters. The SMILES string of the molecule is C=CCNC(=O)C(=O)N/N=C\c1cc(Cl)c(O)c(OC)c1. The van der Waals surface area contributed by atoms with E-state index in [1.807, 2.05) is 5.43 Å². The van der Waals surface area contributed by atoms with Crippen molar-refractivity contribution < 1.29 is 19.4 Å². The standard InChI is InChI=1S/C13H14ClN3O4/c1-3-4-15-12(19)13(20)17-16-7-8-5-9(14)11(18)10(6-8)21-2/h3,5-7,18H,1,4H2,2H3,(H,15,19)(H,17,20)/b16-7-. The Kier molecular flexibility index (Phi) is 6.22. The van der Waals surface area contributed by atoms with E-state index in [4.69, 9.17) is 16.3 Å². The lowest BCUT2D eigenvalue weighted by atomic mass is 10.2. The first-order valence-electron chi connectivity index (χ1n) is 5.78. The van der Waals surface area contributed by atoms with Gasteiger partial charge in [-0.25, -0.2) is 5.43 Å². The maximum atomic E-state index is 11.3. The van der Waals surface area contributed by atoms with Crippen molar-refractivity contribution in [2.24, 2.45) is 5.10 Å². The van der Waals surface area contributed by atoms with Crippen molar-refractivity contribution in [2.75, 3.05) is 13.7 Å². The Balaban J connectivity index is 2.69. The summed E-state index contributed by atoms with van der Waals surface area (Å²) in [7, 11) is 1.37. The molecular formula is C13H14ClN3O4. The largest absolute Gasteiger partial charge is 0.503 e. The first-order valence-corrected chi connectivity index (χ1v) is 6.16. The van der Waals surface area contributed by atoms with Crippen LogP contribution in [0.2, 0.25) is 5.02 Å². The molecule has 0 spiro atoms. The van der Waals surface area contributed by atoms with E-state index in [1.165, 1.54) is 31.5 Å². The van der Waals surface area contributed by atoms with Crippen LogP contribution in [0.15, 0.2) is 29.9 Å². The van der Waals surface area contributed by atoms with Gasteiger partial charge in [-0.3, -0.25) is 9.59 Å². The summed E-state index contributed by atoms with van der Waals surface area (Å²) in [6.07, 6.45) is 2.70. The highest BCUT2D eigenvalue weighted by atomic mass is 35.5. The fraction of sp³-hybridized carbons (Fsp3) is 0.154. The molecule has 21 heavy (non-hydrogen) atoms. The van der Waals surface area contributed by atoms with Crippen molar-refractivity contribution in [2.45, 2.75) is 0 Å². The van der Waals surface area contributed by atoms with Crippen molar-refractivity contribution in [3.05, 3.63) is 35.4 Å². The molecule has 1 aromatic carbocycles. The van der Waals surface area contributed by atoms with Gasteiger partial charge in [0, 0.05) is 6.54 Å². The number of carbonyl (C=O) groups excluding carboxylic acids is 2. The van der Waals surface area contributed by atoms with E-state index in [9.17, 15) is 14.7 Å². The molecule has 0 saturated carbocycles. The third-order valence-corrected chi connectivity index (χ3v) is 2.55. The van der Waals surface area contributed by atoms with Crippen LogP contribution in [-0.2, 0) is 9.59 Å². The van der Waals surface area contributed by atoms with Crippen LogP contribution in [0, 0.1) is 0 Å². The summed E-state index contributed by atoms with van der Waals surface area (Å²) in [6, 6.07) is 2.89. The van der Waals surface area contributed by atoms with E-state index in [0.717, 1.165) is 0 Å². The van der Waals surface area contributed by atoms with Gasteiger partial charge in [0.25, 0.3) is 0 Å². The van der Waals surface area contributed by atoms with E-state index >= 15 is 0 Å². The Bertz CT molecular complexity index is 587. The predicted octanol–water partition coefficient (Wildman–Crippen LogP) is 0.806. The molecule has 0 aliphatic carbocycles. The van der Waals surface area contributed by atoms with Gasteiger partial charge >= 0.3 is 11.8 Å². The highest BCUT2D eigenvalue weighted by Gasteiger charge is 2.11. The smallest absolute Gasteiger partial charge is 0.329 e. The monoisotopic (exact) mass is 311 g/mol. The number of rotatable bonds is 5. The molecule has 0 atom stereocenters. The molecule has 0 aromatic heterocycles. The highest BCUT2D eigenvalue weighted by Crippen LogP contribution is 2.34. The summed E-state index contributed by atoms with van der Waals surface area (Å²) in [5.74, 6) is -1.76. The first-order chi connectivity index (χ1) is 9.99. The Morgan fingerprint density at radius 2 is 2.19 bits per heavy atom. The number of nitrogens with one attached hydrogen (secondary N) is 2. The summed E-state index contributed by atoms with van der Waals surface area (Å²) < 4.78 is 4.92. The summed E-state index contributed by atoms with van der Waals surface area (Å²) in [4.78, 5) is 22.5. The fourth-order valence-electron chi connectivity index (χ4n) is 1.29. The molecule has 8 heteroatoms. The number of aromatic hydroxyl groups is 1. The van der Waals surface area contributed by atoms with Crippen LogP contribution in [0.1, 0.15) is 5.56 Å². The predicted molar refractivity (Wildman–Crippen MR) is 78.6 cm³/mol. The molecule has 0 aliphatic heterocycles. The van der Waals surface area contributed by atoms with E-state index < -0.39 is 11.8 Å². The van der Waals surface area contributed by atoms with Crippen molar-refractivity contribution >= 4 is 29.6 Å². The molecule has 1 aromatic rings. The molecule has 0 aliphatic rings. The average Bonchev–Trinajstić information content (AvgIpc) is 2.47. The minimum atomic E-state index is -0.912. The number of methoxy groups -OCH3 is 1. The molecular weight excluding hydrogens is 298 g/mol. The van der Waals surface area contributed by atoms with Crippen molar-refractivity contribution in [3.8, 4) is 11.5 Å². The van der Waals surface area contributed by atoms with Gasteiger partial charge in [0.05, 0.1) is 18.3 Å². The van der Waals surface area contributed by atoms with Crippen LogP contribution in [0.3, 0.4) is 0 Å². The molecule has 7 nitrogen and oxygen atoms in total. The van der Waals surface area contributed by atoms with Crippen LogP contribution in [0.25, 0.3) is 0 Å². The number of halogens is 1. The maximum Gasteiger partial charge on any atom is 0.329 e. The van der Waals surface area contributed by atoms with Crippen LogP contribution < -0.4 is 15.5 Å². The number of hydrogen-bond acceptors (Lipinski definition) is 5. The number of benzene rings is 1. The van der Waals surface area contributed by atoms with Gasteiger partial charge in [0.15, 0.2) is 11.5 Å². The van der Waals surface area contributed by atoms with Crippen LogP contribution in [-0.4, -0.2) is 36.8 Å². The number of amides is 2. The minimum Gasteiger partial charge on any atom is -0.503 e. The highest BCUT2D eigenvalue weighted by molar-refractivity contribution is 6.35. The van der Waals surface area contributed by atoms with Gasteiger partial charge in [0.1, 0.15) is 0 Å². The molecule has 0 heterocycles. The third kappa shape index (κ3) is 4.81. The molecule has 2 amide bonds. The molecule has 3 N–H and O–H groups in total. The maximum absolute atomic E-state index is 11.3. The van der Waals surface area contributed by atoms with E-state index in [2.05, 4.69) is 17.0 Å². The van der Waals surface area contributed by atoms with E-state index in [-0.39, 0.29) is 23.1 Å². The minimum absolute atomic E-state index is 0.0749. The van der Waals surface area contributed by atoms with E-state index in [1.54, 1.807) is 0 Å². The number of carbonyl (C=O) groups is 2. The molecule has 0 fully saturated rings. The third-order valence-electron chi connectivity index (χ3n) is 2.26. The van der Waals surface area contributed by atoms with Crippen molar-refractivity contribution in [3.63, 3.8) is 0 Å². The van der Waals surface area contributed by atoms with Gasteiger partial charge < -0.3 is 15.2 Å². The molecule has 0 bridgehead atoms. The van der Waals surface area contributed by atoms with Crippen LogP contribution in [0.5, 0.6) is 11.5 Å². The number of phenolic OH excluding ortho intramolecular Hbond substituents is 1. The number of ether oxygens (including phenoxy) is 1. The molecule has 0 radical (unpaired) electrons. The topological polar surface area (TPSA) is 100 Å². The van der Waals surface area contributed by atoms with Gasteiger partial charge in [0.2, 0.25) is 0 Å². The van der Waals surface area contributed by atoms with Crippen LogP contribution in [0.4, 0.5) is 0 Å². The number of nitrogens with zero attached hydrogens (tertiary/aromatic N) is 1. The number of phenols is 1. The summed E-state index contributed by atoms with van der Waals surface area (Å²) in [5, 5.41) is 15.5. The van der Waals surface area contributed by atoms with Gasteiger partial charge in [-0.1, -0.05) is 17.7 Å². The lowest BCUT2D eigenvalue weighted by Crippen LogP contribution is -2.37. The van der Waals surface area contributed by atoms with Crippen molar-refractivity contribution in [1.29, 1.82) is 0 Å².